The van der Waals surface area contributed by atoms with E-state index in [1.165, 1.54) is 4.31 Å². The molecular weight excluding hydrogens is 432 g/mol. The van der Waals surface area contributed by atoms with Gasteiger partial charge in [0, 0.05) is 23.7 Å². The molecule has 3 aromatic rings. The molecule has 9 nitrogen and oxygen atoms in total. The number of amides is 1. The maximum Gasteiger partial charge on any atom is 0.256 e. The summed E-state index contributed by atoms with van der Waals surface area (Å²) in [6, 6.07) is 13.8. The number of ether oxygens (including phenoxy) is 2. The number of carbonyl (C=O) groups excluding carboxylic acids is 1. The summed E-state index contributed by atoms with van der Waals surface area (Å²) >= 11 is 0. The molecule has 4 rings (SSSR count). The van der Waals surface area contributed by atoms with Gasteiger partial charge in [0.15, 0.2) is 11.5 Å². The second-order valence-corrected chi connectivity index (χ2v) is 9.28. The van der Waals surface area contributed by atoms with E-state index >= 15 is 0 Å². The number of para-hydroxylation sites is 1. The number of sulfonamides is 1. The minimum Gasteiger partial charge on any atom is -0.493 e. The fraction of sp³-hybridized carbons (Fsp3) is 0.273. The summed E-state index contributed by atoms with van der Waals surface area (Å²) in [6.07, 6.45) is 2.20. The van der Waals surface area contributed by atoms with E-state index in [4.69, 9.17) is 9.47 Å². The Morgan fingerprint density at radius 2 is 1.88 bits per heavy atom. The van der Waals surface area contributed by atoms with Crippen molar-refractivity contribution < 1.29 is 22.7 Å². The Morgan fingerprint density at radius 3 is 2.53 bits per heavy atom. The smallest absolute Gasteiger partial charge is 0.256 e. The number of methoxy groups -OCH3 is 2. The fourth-order valence-electron chi connectivity index (χ4n) is 3.70. The quantitative estimate of drug-likeness (QED) is 0.587. The lowest BCUT2D eigenvalue weighted by atomic mass is 10.2. The first kappa shape index (κ1) is 21.7. The number of anilines is 2. The van der Waals surface area contributed by atoms with Gasteiger partial charge < -0.3 is 14.8 Å². The Morgan fingerprint density at radius 1 is 1.09 bits per heavy atom. The first-order valence-corrected chi connectivity index (χ1v) is 11.7. The van der Waals surface area contributed by atoms with Crippen molar-refractivity contribution in [2.24, 2.45) is 0 Å². The molecule has 1 aliphatic rings. The second kappa shape index (κ2) is 8.91. The zero-order valence-corrected chi connectivity index (χ0v) is 18.6. The van der Waals surface area contributed by atoms with Crippen LogP contribution in [0.25, 0.3) is 0 Å². The average molecular weight is 457 g/mol. The number of nitrogens with zero attached hydrogens (tertiary/aromatic N) is 3. The molecule has 2 heterocycles. The van der Waals surface area contributed by atoms with Crippen LogP contribution in [-0.2, 0) is 16.6 Å². The average Bonchev–Trinajstić information content (AvgIpc) is 3.38. The molecule has 0 spiro atoms. The Bertz CT molecular complexity index is 1220. The van der Waals surface area contributed by atoms with Crippen LogP contribution in [0.15, 0.2) is 54.7 Å². The van der Waals surface area contributed by atoms with E-state index in [1.807, 2.05) is 18.2 Å². The lowest BCUT2D eigenvalue weighted by Crippen LogP contribution is -2.25. The predicted octanol–water partition coefficient (Wildman–Crippen LogP) is 2.74. The van der Waals surface area contributed by atoms with Gasteiger partial charge in [-0.2, -0.15) is 5.10 Å². The van der Waals surface area contributed by atoms with Crippen molar-refractivity contribution in [2.75, 3.05) is 36.1 Å². The molecule has 0 unspecified atom stereocenters. The monoisotopic (exact) mass is 456 g/mol. The molecule has 1 aromatic heterocycles. The van der Waals surface area contributed by atoms with Crippen LogP contribution in [0.1, 0.15) is 22.3 Å². The summed E-state index contributed by atoms with van der Waals surface area (Å²) in [5.74, 6) is 1.57. The van der Waals surface area contributed by atoms with Gasteiger partial charge in [-0.25, -0.2) is 13.1 Å². The number of aromatic nitrogens is 2. The third-order valence-electron chi connectivity index (χ3n) is 5.28. The molecule has 1 aliphatic heterocycles. The molecule has 0 atom stereocenters. The molecule has 32 heavy (non-hydrogen) atoms. The Labute approximate surface area is 186 Å². The Kier molecular flexibility index (Phi) is 6.04. The molecule has 10 heteroatoms. The number of benzene rings is 2. The number of hydrogen-bond donors (Lipinski definition) is 1. The summed E-state index contributed by atoms with van der Waals surface area (Å²) in [4.78, 5) is 12.8. The van der Waals surface area contributed by atoms with Crippen molar-refractivity contribution in [3.63, 3.8) is 0 Å². The van der Waals surface area contributed by atoms with Gasteiger partial charge in [-0.1, -0.05) is 12.1 Å². The highest BCUT2D eigenvalue weighted by Gasteiger charge is 2.28. The van der Waals surface area contributed by atoms with Crippen LogP contribution in [0.3, 0.4) is 0 Å². The minimum absolute atomic E-state index is 0.150. The zero-order chi connectivity index (χ0) is 22.7. The van der Waals surface area contributed by atoms with E-state index in [0.717, 1.165) is 5.56 Å². The van der Waals surface area contributed by atoms with E-state index in [2.05, 4.69) is 10.4 Å². The van der Waals surface area contributed by atoms with Gasteiger partial charge in [0.1, 0.15) is 5.82 Å². The number of carbonyl (C=O) groups is 1. The first-order chi connectivity index (χ1) is 15.4. The van der Waals surface area contributed by atoms with Gasteiger partial charge in [0.25, 0.3) is 5.91 Å². The normalized spacial score (nSPS) is 14.9. The second-order valence-electron chi connectivity index (χ2n) is 7.27. The van der Waals surface area contributed by atoms with Gasteiger partial charge >= 0.3 is 0 Å². The third-order valence-corrected chi connectivity index (χ3v) is 7.15. The van der Waals surface area contributed by atoms with Crippen LogP contribution in [0, 0.1) is 0 Å². The molecule has 0 radical (unpaired) electrons. The van der Waals surface area contributed by atoms with Crippen molar-refractivity contribution >= 4 is 27.4 Å². The van der Waals surface area contributed by atoms with Crippen LogP contribution in [-0.4, -0.2) is 50.6 Å². The van der Waals surface area contributed by atoms with Gasteiger partial charge in [-0.05, 0) is 36.8 Å². The van der Waals surface area contributed by atoms with Crippen LogP contribution in [0.5, 0.6) is 11.5 Å². The molecule has 0 saturated carbocycles. The molecule has 1 fully saturated rings. The molecule has 1 N–H and O–H groups in total. The van der Waals surface area contributed by atoms with Crippen molar-refractivity contribution in [2.45, 2.75) is 13.0 Å². The molecule has 1 amide bonds. The summed E-state index contributed by atoms with van der Waals surface area (Å²) in [5, 5.41) is 7.16. The lowest BCUT2D eigenvalue weighted by molar-refractivity contribution is 0.102. The molecule has 0 aliphatic carbocycles. The highest BCUT2D eigenvalue weighted by atomic mass is 32.2. The summed E-state index contributed by atoms with van der Waals surface area (Å²) in [7, 11) is -0.110. The minimum atomic E-state index is -3.26. The van der Waals surface area contributed by atoms with Crippen molar-refractivity contribution in [3.05, 3.63) is 65.9 Å². The van der Waals surface area contributed by atoms with Crippen molar-refractivity contribution in [1.29, 1.82) is 0 Å². The van der Waals surface area contributed by atoms with Gasteiger partial charge in [0.05, 0.1) is 38.4 Å². The van der Waals surface area contributed by atoms with Crippen LogP contribution >= 0.6 is 0 Å². The van der Waals surface area contributed by atoms with Crippen molar-refractivity contribution in [3.8, 4) is 11.5 Å². The van der Waals surface area contributed by atoms with E-state index < -0.39 is 10.0 Å². The number of hydrogen-bond acceptors (Lipinski definition) is 6. The molecule has 168 valence electrons. The first-order valence-electron chi connectivity index (χ1n) is 10.1. The molecule has 0 bridgehead atoms. The molecular formula is C22H24N4O5S. The highest BCUT2D eigenvalue weighted by molar-refractivity contribution is 7.93. The van der Waals surface area contributed by atoms with E-state index in [-0.39, 0.29) is 11.7 Å². The van der Waals surface area contributed by atoms with Crippen molar-refractivity contribution in [1.82, 2.24) is 9.78 Å². The predicted molar refractivity (Wildman–Crippen MR) is 121 cm³/mol. The molecule has 1 saturated heterocycles. The molecule has 2 aromatic carbocycles. The largest absolute Gasteiger partial charge is 0.493 e. The number of nitrogens with one attached hydrogen (secondary N) is 1. The highest BCUT2D eigenvalue weighted by Crippen LogP contribution is 2.31. The van der Waals surface area contributed by atoms with Gasteiger partial charge in [-0.3, -0.25) is 9.10 Å². The third kappa shape index (κ3) is 4.26. The van der Waals surface area contributed by atoms with E-state index in [1.54, 1.807) is 55.4 Å². The SMILES string of the molecule is COc1cccc(Cn2nccc2NC(=O)c2ccc(N3CCCS3(=O)=O)cc2)c1OC. The summed E-state index contributed by atoms with van der Waals surface area (Å²) in [5.41, 5.74) is 1.83. The maximum atomic E-state index is 12.8. The van der Waals surface area contributed by atoms with E-state index in [0.29, 0.717) is 48.1 Å². The lowest BCUT2D eigenvalue weighted by Gasteiger charge is -2.17. The van der Waals surface area contributed by atoms with Gasteiger partial charge in [0.2, 0.25) is 10.0 Å². The van der Waals surface area contributed by atoms with Gasteiger partial charge in [-0.15, -0.1) is 0 Å². The zero-order valence-electron chi connectivity index (χ0n) is 17.8. The fourth-order valence-corrected chi connectivity index (χ4v) is 5.27. The topological polar surface area (TPSA) is 103 Å². The van der Waals surface area contributed by atoms with Crippen LogP contribution in [0.4, 0.5) is 11.5 Å². The maximum absolute atomic E-state index is 12.8. The number of rotatable bonds is 7. The Hall–Kier alpha value is -3.53. The van der Waals surface area contributed by atoms with Crippen LogP contribution in [0.2, 0.25) is 0 Å². The summed E-state index contributed by atoms with van der Waals surface area (Å²) in [6.45, 7) is 0.829. The van der Waals surface area contributed by atoms with Crippen LogP contribution < -0.4 is 19.1 Å². The Balaban J connectivity index is 1.49. The summed E-state index contributed by atoms with van der Waals surface area (Å²) < 4.78 is 38.0. The van der Waals surface area contributed by atoms with E-state index in [9.17, 15) is 13.2 Å². The standard InChI is InChI=1S/C22H24N4O5S/c1-30-19-6-3-5-17(21(19)31-2)15-25-20(11-12-23-25)24-22(27)16-7-9-18(10-8-16)26-13-4-14-32(26,28)29/h3,5-12H,4,13-15H2,1-2H3,(H,24,27).